The normalized spacial score (nSPS) is 11.2. The Bertz CT molecular complexity index is 671. The largest absolute Gasteiger partial charge is 0.266 e. The van der Waals surface area contributed by atoms with Gasteiger partial charge in [0.2, 0.25) is 0 Å². The average molecular weight is 306 g/mol. The van der Waals surface area contributed by atoms with Crippen LogP contribution in [0.3, 0.4) is 0 Å². The zero-order valence-corrected chi connectivity index (χ0v) is 12.5. The van der Waals surface area contributed by atoms with Crippen LogP contribution in [0.1, 0.15) is 18.1 Å². The first-order chi connectivity index (χ1) is 9.65. The highest BCUT2D eigenvalue weighted by Gasteiger charge is 2.12. The maximum atomic E-state index is 12.8. The first kappa shape index (κ1) is 14.5. The van der Waals surface area contributed by atoms with Crippen LogP contribution in [-0.4, -0.2) is 16.3 Å². The van der Waals surface area contributed by atoms with Crippen LogP contribution in [0.15, 0.2) is 34.4 Å². The minimum atomic E-state index is -0.284. The molecule has 0 saturated heterocycles. The second kappa shape index (κ2) is 6.50. The molecule has 1 aromatic heterocycles. The zero-order valence-electron chi connectivity index (χ0n) is 10.8. The Kier molecular flexibility index (Phi) is 4.71. The van der Waals surface area contributed by atoms with E-state index < -0.39 is 0 Å². The molecule has 0 aliphatic rings. The minimum Gasteiger partial charge on any atom is -0.266 e. The molecule has 2 rings (SSSR count). The molecule has 20 heavy (non-hydrogen) atoms. The number of hydrazone groups is 1. The number of hydrogen-bond acceptors (Lipinski definition) is 6. The molecule has 0 unspecified atom stereocenters. The van der Waals surface area contributed by atoms with Gasteiger partial charge in [-0.05, 0) is 42.4 Å². The van der Waals surface area contributed by atoms with Gasteiger partial charge in [-0.25, -0.2) is 4.39 Å². The lowest BCUT2D eigenvalue weighted by Crippen LogP contribution is -1.99. The maximum absolute atomic E-state index is 12.8. The molecule has 4 nitrogen and oxygen atoms in total. The average Bonchev–Trinajstić information content (AvgIpc) is 2.87. The van der Waals surface area contributed by atoms with Gasteiger partial charge < -0.3 is 0 Å². The smallest absolute Gasteiger partial charge is 0.148 e. The molecule has 102 valence electrons. The summed E-state index contributed by atoms with van der Waals surface area (Å²) in [4.78, 5) is 0. The number of nitriles is 1. The maximum Gasteiger partial charge on any atom is 0.148 e. The predicted molar refractivity (Wildman–Crippen MR) is 80.8 cm³/mol. The Morgan fingerprint density at radius 3 is 2.75 bits per heavy atom. The molecule has 0 amide bonds. The molecule has 1 heterocycles. The fraction of sp³-hybridized carbons (Fsp3) is 0.154. The third kappa shape index (κ3) is 3.15. The number of halogens is 1. The summed E-state index contributed by atoms with van der Waals surface area (Å²) < 4.78 is 17.0. The van der Waals surface area contributed by atoms with Crippen molar-refractivity contribution in [1.82, 2.24) is 4.37 Å². The molecule has 1 aromatic carbocycles. The Morgan fingerprint density at radius 1 is 1.45 bits per heavy atom. The summed E-state index contributed by atoms with van der Waals surface area (Å²) in [5.74, 6) is -0.284. The summed E-state index contributed by atoms with van der Waals surface area (Å²) in [7, 11) is 0. The van der Waals surface area contributed by atoms with Gasteiger partial charge in [-0.1, -0.05) is 12.1 Å². The van der Waals surface area contributed by atoms with E-state index in [1.54, 1.807) is 12.1 Å². The van der Waals surface area contributed by atoms with E-state index in [0.717, 1.165) is 5.56 Å². The fourth-order valence-electron chi connectivity index (χ4n) is 1.48. The molecule has 0 fully saturated rings. The minimum absolute atomic E-state index is 0.284. The van der Waals surface area contributed by atoms with Gasteiger partial charge in [-0.3, -0.25) is 5.43 Å². The molecule has 2 aromatic rings. The van der Waals surface area contributed by atoms with Gasteiger partial charge in [0.25, 0.3) is 0 Å². The molecule has 0 radical (unpaired) electrons. The number of thioether (sulfide) groups is 1. The summed E-state index contributed by atoms with van der Waals surface area (Å²) >= 11 is 2.61. The van der Waals surface area contributed by atoms with Crippen LogP contribution in [0.4, 0.5) is 9.39 Å². The van der Waals surface area contributed by atoms with E-state index in [2.05, 4.69) is 21.0 Å². The van der Waals surface area contributed by atoms with Crippen molar-refractivity contribution in [3.8, 4) is 6.07 Å². The van der Waals surface area contributed by atoms with Crippen LogP contribution in [0.5, 0.6) is 0 Å². The van der Waals surface area contributed by atoms with Crippen LogP contribution < -0.4 is 5.43 Å². The van der Waals surface area contributed by atoms with Gasteiger partial charge in [0.1, 0.15) is 27.5 Å². The van der Waals surface area contributed by atoms with Gasteiger partial charge in [-0.15, -0.1) is 11.8 Å². The van der Waals surface area contributed by atoms with E-state index in [4.69, 9.17) is 5.26 Å². The van der Waals surface area contributed by atoms with E-state index in [1.807, 2.05) is 13.2 Å². The van der Waals surface area contributed by atoms with Crippen LogP contribution in [-0.2, 0) is 0 Å². The van der Waals surface area contributed by atoms with E-state index >= 15 is 0 Å². The van der Waals surface area contributed by atoms with Gasteiger partial charge in [0, 0.05) is 0 Å². The lowest BCUT2D eigenvalue weighted by molar-refractivity contribution is 0.628. The van der Waals surface area contributed by atoms with Crippen molar-refractivity contribution in [2.24, 2.45) is 5.10 Å². The molecule has 7 heteroatoms. The van der Waals surface area contributed by atoms with Gasteiger partial charge >= 0.3 is 0 Å². The third-order valence-corrected chi connectivity index (χ3v) is 4.10. The van der Waals surface area contributed by atoms with Crippen molar-refractivity contribution in [3.63, 3.8) is 0 Å². The van der Waals surface area contributed by atoms with E-state index in [1.165, 1.54) is 35.4 Å². The Labute approximate surface area is 124 Å². The van der Waals surface area contributed by atoms with E-state index in [0.29, 0.717) is 21.3 Å². The highest BCUT2D eigenvalue weighted by Crippen LogP contribution is 2.29. The zero-order chi connectivity index (χ0) is 14.5. The van der Waals surface area contributed by atoms with Crippen molar-refractivity contribution in [1.29, 1.82) is 5.26 Å². The predicted octanol–water partition coefficient (Wildman–Crippen LogP) is 3.71. The lowest BCUT2D eigenvalue weighted by atomic mass is 10.1. The SMILES string of the molecule is CSc1nsc(N/N=C(/C)c2ccc(F)cc2)c1C#N. The Hall–Kier alpha value is -1.91. The summed E-state index contributed by atoms with van der Waals surface area (Å²) in [6.07, 6.45) is 1.87. The highest BCUT2D eigenvalue weighted by molar-refractivity contribution is 7.98. The summed E-state index contributed by atoms with van der Waals surface area (Å²) in [6, 6.07) is 8.18. The number of aromatic nitrogens is 1. The third-order valence-electron chi connectivity index (χ3n) is 2.55. The van der Waals surface area contributed by atoms with E-state index in [9.17, 15) is 4.39 Å². The Morgan fingerprint density at radius 2 is 2.15 bits per heavy atom. The van der Waals surface area contributed by atoms with Crippen LogP contribution >= 0.6 is 23.3 Å². The van der Waals surface area contributed by atoms with Gasteiger partial charge in [0.05, 0.1) is 5.71 Å². The summed E-state index contributed by atoms with van der Waals surface area (Å²) in [5, 5.41) is 14.6. The van der Waals surface area contributed by atoms with Crippen LogP contribution in [0.25, 0.3) is 0 Å². The molecule has 0 spiro atoms. The highest BCUT2D eigenvalue weighted by atomic mass is 32.2. The van der Waals surface area contributed by atoms with Gasteiger partial charge in [-0.2, -0.15) is 14.7 Å². The molecular weight excluding hydrogens is 295 g/mol. The summed E-state index contributed by atoms with van der Waals surface area (Å²) in [5.41, 5.74) is 4.86. The molecule has 0 aliphatic heterocycles. The number of nitrogens with one attached hydrogen (secondary N) is 1. The number of anilines is 1. The topological polar surface area (TPSA) is 61.1 Å². The Balaban J connectivity index is 2.19. The molecule has 1 N–H and O–H groups in total. The van der Waals surface area contributed by atoms with Crippen molar-refractivity contribution >= 4 is 34.0 Å². The standard InChI is InChI=1S/C13H11FN4S2/c1-8(9-3-5-10(14)6-4-9)16-17-12-11(7-15)13(19-2)18-20-12/h3-6,17H,1-2H3/b16-8-. The molecule has 0 saturated carbocycles. The van der Waals surface area contributed by atoms with Gasteiger partial charge in [0.15, 0.2) is 0 Å². The first-order valence-corrected chi connectivity index (χ1v) is 7.65. The number of rotatable bonds is 4. The molecule has 0 atom stereocenters. The van der Waals surface area contributed by atoms with E-state index in [-0.39, 0.29) is 5.82 Å². The quantitative estimate of drug-likeness (QED) is 0.531. The van der Waals surface area contributed by atoms with Crippen molar-refractivity contribution in [3.05, 3.63) is 41.2 Å². The number of nitrogens with zero attached hydrogens (tertiary/aromatic N) is 3. The fourth-order valence-corrected chi connectivity index (χ4v) is 2.89. The second-order valence-corrected chi connectivity index (χ2v) is 5.39. The summed E-state index contributed by atoms with van der Waals surface area (Å²) in [6.45, 7) is 1.81. The first-order valence-electron chi connectivity index (χ1n) is 5.65. The monoisotopic (exact) mass is 306 g/mol. The van der Waals surface area contributed by atoms with Crippen LogP contribution in [0, 0.1) is 17.1 Å². The van der Waals surface area contributed by atoms with Crippen molar-refractivity contribution in [2.45, 2.75) is 11.9 Å². The van der Waals surface area contributed by atoms with Crippen molar-refractivity contribution < 1.29 is 4.39 Å². The van der Waals surface area contributed by atoms with Crippen molar-refractivity contribution in [2.75, 3.05) is 11.7 Å². The molecule has 0 bridgehead atoms. The van der Waals surface area contributed by atoms with Crippen LogP contribution in [0.2, 0.25) is 0 Å². The molecule has 0 aliphatic carbocycles. The number of hydrogen-bond donors (Lipinski definition) is 1. The second-order valence-electron chi connectivity index (χ2n) is 3.82. The molecular formula is C13H11FN4S2. The number of benzene rings is 1. The lowest BCUT2D eigenvalue weighted by Gasteiger charge is -2.02.